The molecule has 3 heteroatoms. The number of rotatable bonds is 3. The lowest BCUT2D eigenvalue weighted by atomic mass is 9.87. The molecule has 0 saturated carbocycles. The van der Waals surface area contributed by atoms with E-state index in [0.29, 0.717) is 6.04 Å². The van der Waals surface area contributed by atoms with Crippen LogP contribution in [0.4, 0.5) is 5.82 Å². The predicted octanol–water partition coefficient (Wildman–Crippen LogP) is 3.01. The SMILES string of the molecule is CC(O)c1ccnc(N(C)C(C)C(C)(C)C)c1. The van der Waals surface area contributed by atoms with Gasteiger partial charge in [-0.05, 0) is 37.0 Å². The first-order valence-electron chi connectivity index (χ1n) is 6.10. The van der Waals surface area contributed by atoms with E-state index in [0.717, 1.165) is 11.4 Å². The first kappa shape index (κ1) is 14.0. The molecule has 96 valence electrons. The smallest absolute Gasteiger partial charge is 0.128 e. The molecule has 0 aliphatic rings. The molecule has 17 heavy (non-hydrogen) atoms. The Balaban J connectivity index is 2.96. The Morgan fingerprint density at radius 1 is 1.29 bits per heavy atom. The van der Waals surface area contributed by atoms with Gasteiger partial charge in [0.15, 0.2) is 0 Å². The van der Waals surface area contributed by atoms with Gasteiger partial charge in [-0.25, -0.2) is 4.98 Å². The third kappa shape index (κ3) is 3.43. The van der Waals surface area contributed by atoms with Gasteiger partial charge in [0, 0.05) is 19.3 Å². The number of nitrogens with zero attached hydrogens (tertiary/aromatic N) is 2. The van der Waals surface area contributed by atoms with E-state index in [4.69, 9.17) is 0 Å². The van der Waals surface area contributed by atoms with Crippen LogP contribution in [-0.2, 0) is 0 Å². The van der Waals surface area contributed by atoms with Crippen LogP contribution in [0.1, 0.15) is 46.3 Å². The Labute approximate surface area is 104 Å². The fraction of sp³-hybridized carbons (Fsp3) is 0.643. The lowest BCUT2D eigenvalue weighted by molar-refractivity contribution is 0.199. The molecule has 0 amide bonds. The fourth-order valence-electron chi connectivity index (χ4n) is 1.67. The zero-order valence-electron chi connectivity index (χ0n) is 11.7. The molecular formula is C14H24N2O. The van der Waals surface area contributed by atoms with Gasteiger partial charge < -0.3 is 10.0 Å². The van der Waals surface area contributed by atoms with Crippen molar-refractivity contribution >= 4 is 5.82 Å². The maximum atomic E-state index is 9.58. The highest BCUT2D eigenvalue weighted by molar-refractivity contribution is 5.42. The number of pyridine rings is 1. The molecule has 2 atom stereocenters. The van der Waals surface area contributed by atoms with Crippen LogP contribution in [0.15, 0.2) is 18.3 Å². The van der Waals surface area contributed by atoms with Crippen molar-refractivity contribution in [1.29, 1.82) is 0 Å². The Morgan fingerprint density at radius 2 is 1.88 bits per heavy atom. The van der Waals surface area contributed by atoms with Crippen molar-refractivity contribution in [2.45, 2.75) is 46.8 Å². The van der Waals surface area contributed by atoms with Crippen LogP contribution in [0.25, 0.3) is 0 Å². The van der Waals surface area contributed by atoms with Crippen LogP contribution in [0.3, 0.4) is 0 Å². The molecule has 0 aromatic carbocycles. The second kappa shape index (κ2) is 5.05. The van der Waals surface area contributed by atoms with Crippen LogP contribution < -0.4 is 4.90 Å². The molecule has 0 aliphatic carbocycles. The molecule has 0 spiro atoms. The third-order valence-corrected chi connectivity index (χ3v) is 3.45. The quantitative estimate of drug-likeness (QED) is 0.876. The summed E-state index contributed by atoms with van der Waals surface area (Å²) in [7, 11) is 2.05. The molecule has 3 nitrogen and oxygen atoms in total. The van der Waals surface area contributed by atoms with E-state index in [1.807, 2.05) is 19.2 Å². The highest BCUT2D eigenvalue weighted by atomic mass is 16.3. The van der Waals surface area contributed by atoms with Gasteiger partial charge in [0.1, 0.15) is 5.82 Å². The van der Waals surface area contributed by atoms with E-state index in [-0.39, 0.29) is 5.41 Å². The normalized spacial score (nSPS) is 15.5. The first-order chi connectivity index (χ1) is 7.73. The molecule has 0 radical (unpaired) electrons. The second-order valence-electron chi connectivity index (χ2n) is 5.78. The van der Waals surface area contributed by atoms with Crippen molar-refractivity contribution < 1.29 is 5.11 Å². The van der Waals surface area contributed by atoms with Crippen LogP contribution in [0, 0.1) is 5.41 Å². The summed E-state index contributed by atoms with van der Waals surface area (Å²) in [6.45, 7) is 10.6. The number of hydrogen-bond acceptors (Lipinski definition) is 3. The van der Waals surface area contributed by atoms with Gasteiger partial charge in [-0.3, -0.25) is 0 Å². The van der Waals surface area contributed by atoms with Crippen molar-refractivity contribution in [2.75, 3.05) is 11.9 Å². The Hall–Kier alpha value is -1.09. The molecule has 2 unspecified atom stereocenters. The Morgan fingerprint density at radius 3 is 2.35 bits per heavy atom. The minimum atomic E-state index is -0.449. The topological polar surface area (TPSA) is 36.4 Å². The molecule has 0 bridgehead atoms. The van der Waals surface area contributed by atoms with Crippen molar-refractivity contribution in [2.24, 2.45) is 5.41 Å². The number of hydrogen-bond donors (Lipinski definition) is 1. The summed E-state index contributed by atoms with van der Waals surface area (Å²) < 4.78 is 0. The first-order valence-corrected chi connectivity index (χ1v) is 6.10. The van der Waals surface area contributed by atoms with Crippen molar-refractivity contribution in [3.05, 3.63) is 23.9 Å². The standard InChI is InChI=1S/C14H24N2O/c1-10(17)12-7-8-15-13(9-12)16(6)11(2)14(3,4)5/h7-11,17H,1-6H3. The van der Waals surface area contributed by atoms with E-state index in [1.54, 1.807) is 13.1 Å². The van der Waals surface area contributed by atoms with Gasteiger partial charge in [-0.15, -0.1) is 0 Å². The van der Waals surface area contributed by atoms with E-state index in [2.05, 4.69) is 37.6 Å². The van der Waals surface area contributed by atoms with Gasteiger partial charge in [0.2, 0.25) is 0 Å². The van der Waals surface area contributed by atoms with Gasteiger partial charge in [-0.1, -0.05) is 20.8 Å². The summed E-state index contributed by atoms with van der Waals surface area (Å²) in [6, 6.07) is 4.18. The molecule has 1 aromatic rings. The summed E-state index contributed by atoms with van der Waals surface area (Å²) in [5.41, 5.74) is 1.10. The molecule has 0 fully saturated rings. The largest absolute Gasteiger partial charge is 0.389 e. The van der Waals surface area contributed by atoms with E-state index in [1.165, 1.54) is 0 Å². The summed E-state index contributed by atoms with van der Waals surface area (Å²) in [5.74, 6) is 0.908. The minimum Gasteiger partial charge on any atom is -0.389 e. The fourth-order valence-corrected chi connectivity index (χ4v) is 1.67. The van der Waals surface area contributed by atoms with Crippen molar-refractivity contribution in [1.82, 2.24) is 4.98 Å². The van der Waals surface area contributed by atoms with E-state index in [9.17, 15) is 5.11 Å². The molecule has 1 rings (SSSR count). The lowest BCUT2D eigenvalue weighted by Crippen LogP contribution is -2.39. The maximum absolute atomic E-state index is 9.58. The summed E-state index contributed by atoms with van der Waals surface area (Å²) in [4.78, 5) is 6.53. The van der Waals surface area contributed by atoms with Crippen LogP contribution in [-0.4, -0.2) is 23.2 Å². The Kier molecular flexibility index (Phi) is 4.15. The monoisotopic (exact) mass is 236 g/mol. The lowest BCUT2D eigenvalue weighted by Gasteiger charge is -2.36. The summed E-state index contributed by atoms with van der Waals surface area (Å²) in [6.07, 6.45) is 1.30. The van der Waals surface area contributed by atoms with E-state index >= 15 is 0 Å². The highest BCUT2D eigenvalue weighted by Gasteiger charge is 2.24. The van der Waals surface area contributed by atoms with Crippen LogP contribution >= 0.6 is 0 Å². The van der Waals surface area contributed by atoms with E-state index < -0.39 is 6.10 Å². The molecule has 1 aromatic heterocycles. The molecule has 0 saturated heterocycles. The van der Waals surface area contributed by atoms with Gasteiger partial charge in [0.25, 0.3) is 0 Å². The number of aliphatic hydroxyl groups is 1. The Bertz CT molecular complexity index is 369. The number of anilines is 1. The third-order valence-electron chi connectivity index (χ3n) is 3.45. The predicted molar refractivity (Wildman–Crippen MR) is 72.2 cm³/mol. The van der Waals surface area contributed by atoms with Crippen molar-refractivity contribution in [3.8, 4) is 0 Å². The summed E-state index contributed by atoms with van der Waals surface area (Å²) >= 11 is 0. The zero-order chi connectivity index (χ0) is 13.2. The molecule has 1 N–H and O–H groups in total. The maximum Gasteiger partial charge on any atom is 0.128 e. The average Bonchev–Trinajstić information content (AvgIpc) is 2.26. The van der Waals surface area contributed by atoms with Crippen LogP contribution in [0.5, 0.6) is 0 Å². The molecule has 0 aliphatic heterocycles. The zero-order valence-corrected chi connectivity index (χ0v) is 11.7. The van der Waals surface area contributed by atoms with Gasteiger partial charge in [-0.2, -0.15) is 0 Å². The van der Waals surface area contributed by atoms with Crippen LogP contribution in [0.2, 0.25) is 0 Å². The van der Waals surface area contributed by atoms with Gasteiger partial charge >= 0.3 is 0 Å². The van der Waals surface area contributed by atoms with Gasteiger partial charge in [0.05, 0.1) is 6.10 Å². The molecular weight excluding hydrogens is 212 g/mol. The second-order valence-corrected chi connectivity index (χ2v) is 5.78. The van der Waals surface area contributed by atoms with Crippen molar-refractivity contribution in [3.63, 3.8) is 0 Å². The minimum absolute atomic E-state index is 0.192. The summed E-state index contributed by atoms with van der Waals surface area (Å²) in [5, 5.41) is 9.58. The number of aromatic nitrogens is 1. The molecule has 1 heterocycles. The average molecular weight is 236 g/mol. The number of aliphatic hydroxyl groups excluding tert-OH is 1. The highest BCUT2D eigenvalue weighted by Crippen LogP contribution is 2.27.